The summed E-state index contributed by atoms with van der Waals surface area (Å²) in [5.41, 5.74) is 1.64. The highest BCUT2D eigenvalue weighted by molar-refractivity contribution is 5.44. The molecule has 1 aliphatic heterocycles. The molecule has 1 fully saturated rings. The molecule has 3 nitrogen and oxygen atoms in total. The second-order valence-corrected chi connectivity index (χ2v) is 5.10. The van der Waals surface area contributed by atoms with Crippen molar-refractivity contribution in [2.24, 2.45) is 0 Å². The number of fused-ring (bicyclic) bond motifs is 1. The minimum absolute atomic E-state index is 0.299. The highest BCUT2D eigenvalue weighted by atomic mass is 16.7. The van der Waals surface area contributed by atoms with Crippen molar-refractivity contribution in [2.75, 3.05) is 13.8 Å². The molecule has 0 amide bonds. The van der Waals surface area contributed by atoms with Crippen LogP contribution in [0.25, 0.3) is 0 Å². The van der Waals surface area contributed by atoms with Gasteiger partial charge in [-0.05, 0) is 44.0 Å². The Kier molecular flexibility index (Phi) is 2.71. The fraction of sp³-hybridized carbons (Fsp3) is 0.571. The molecule has 1 aliphatic carbocycles. The SMILES string of the molecule is CNC1(Cc2ccc3c(c2)OCO3)CCCC1. The van der Waals surface area contributed by atoms with Crippen molar-refractivity contribution >= 4 is 0 Å². The van der Waals surface area contributed by atoms with Gasteiger partial charge in [0.25, 0.3) is 0 Å². The molecule has 2 aliphatic rings. The molecule has 1 aromatic carbocycles. The highest BCUT2D eigenvalue weighted by Crippen LogP contribution is 2.36. The van der Waals surface area contributed by atoms with E-state index >= 15 is 0 Å². The van der Waals surface area contributed by atoms with E-state index in [9.17, 15) is 0 Å². The van der Waals surface area contributed by atoms with Crippen LogP contribution in [0.5, 0.6) is 11.5 Å². The molecule has 0 bridgehead atoms. The fourth-order valence-electron chi connectivity index (χ4n) is 3.01. The molecule has 0 unspecified atom stereocenters. The van der Waals surface area contributed by atoms with Gasteiger partial charge in [-0.25, -0.2) is 0 Å². The standard InChI is InChI=1S/C14H19NO2/c1-15-14(6-2-3-7-14)9-11-4-5-12-13(8-11)17-10-16-12/h4-5,8,15H,2-3,6-7,9-10H2,1H3. The van der Waals surface area contributed by atoms with E-state index < -0.39 is 0 Å². The summed E-state index contributed by atoms with van der Waals surface area (Å²) in [4.78, 5) is 0. The lowest BCUT2D eigenvalue weighted by atomic mass is 9.89. The number of hydrogen-bond acceptors (Lipinski definition) is 3. The Hall–Kier alpha value is -1.22. The quantitative estimate of drug-likeness (QED) is 0.870. The molecular weight excluding hydrogens is 214 g/mol. The van der Waals surface area contributed by atoms with Gasteiger partial charge in [-0.2, -0.15) is 0 Å². The Morgan fingerprint density at radius 1 is 1.18 bits per heavy atom. The van der Waals surface area contributed by atoms with Gasteiger partial charge < -0.3 is 14.8 Å². The lowest BCUT2D eigenvalue weighted by molar-refractivity contribution is 0.174. The van der Waals surface area contributed by atoms with Gasteiger partial charge in [0, 0.05) is 5.54 Å². The van der Waals surface area contributed by atoms with Gasteiger partial charge >= 0.3 is 0 Å². The zero-order chi connectivity index (χ0) is 11.7. The first kappa shape index (κ1) is 10.9. The Bertz CT molecular complexity index is 411. The van der Waals surface area contributed by atoms with Crippen LogP contribution in [0.15, 0.2) is 18.2 Å². The summed E-state index contributed by atoms with van der Waals surface area (Å²) in [6.07, 6.45) is 6.31. The van der Waals surface area contributed by atoms with E-state index in [1.807, 2.05) is 6.07 Å². The average molecular weight is 233 g/mol. The minimum atomic E-state index is 0.299. The number of rotatable bonds is 3. The summed E-state index contributed by atoms with van der Waals surface area (Å²) in [6, 6.07) is 6.31. The molecule has 1 saturated carbocycles. The summed E-state index contributed by atoms with van der Waals surface area (Å²) in [6.45, 7) is 0.357. The Morgan fingerprint density at radius 3 is 2.71 bits per heavy atom. The van der Waals surface area contributed by atoms with Crippen molar-refractivity contribution in [2.45, 2.75) is 37.6 Å². The normalized spacial score (nSPS) is 20.8. The van der Waals surface area contributed by atoms with E-state index in [1.165, 1.54) is 31.2 Å². The summed E-state index contributed by atoms with van der Waals surface area (Å²) in [5.74, 6) is 1.77. The zero-order valence-corrected chi connectivity index (χ0v) is 10.3. The average Bonchev–Trinajstić information content (AvgIpc) is 2.97. The molecular formula is C14H19NO2. The maximum atomic E-state index is 5.43. The largest absolute Gasteiger partial charge is 0.454 e. The van der Waals surface area contributed by atoms with Gasteiger partial charge in [-0.1, -0.05) is 18.9 Å². The number of benzene rings is 1. The van der Waals surface area contributed by atoms with E-state index in [2.05, 4.69) is 24.5 Å². The van der Waals surface area contributed by atoms with E-state index in [-0.39, 0.29) is 0 Å². The Labute approximate surface area is 102 Å². The van der Waals surface area contributed by atoms with Crippen LogP contribution in [0.4, 0.5) is 0 Å². The molecule has 17 heavy (non-hydrogen) atoms. The lowest BCUT2D eigenvalue weighted by Crippen LogP contribution is -2.42. The molecule has 0 saturated heterocycles. The van der Waals surface area contributed by atoms with E-state index in [1.54, 1.807) is 0 Å². The monoisotopic (exact) mass is 233 g/mol. The second-order valence-electron chi connectivity index (χ2n) is 5.10. The number of nitrogens with one attached hydrogen (secondary N) is 1. The van der Waals surface area contributed by atoms with Crippen LogP contribution in [0.3, 0.4) is 0 Å². The third-order valence-electron chi connectivity index (χ3n) is 4.07. The molecule has 1 aromatic rings. The van der Waals surface area contributed by atoms with Crippen LogP contribution in [0.2, 0.25) is 0 Å². The van der Waals surface area contributed by atoms with Gasteiger partial charge in [-0.3, -0.25) is 0 Å². The lowest BCUT2D eigenvalue weighted by Gasteiger charge is -2.28. The maximum Gasteiger partial charge on any atom is 0.231 e. The van der Waals surface area contributed by atoms with E-state index in [0.29, 0.717) is 12.3 Å². The number of ether oxygens (including phenoxy) is 2. The van der Waals surface area contributed by atoms with Crippen molar-refractivity contribution in [1.82, 2.24) is 5.32 Å². The smallest absolute Gasteiger partial charge is 0.231 e. The maximum absolute atomic E-state index is 5.43. The van der Waals surface area contributed by atoms with Crippen LogP contribution >= 0.6 is 0 Å². The molecule has 0 atom stereocenters. The second kappa shape index (κ2) is 4.22. The first-order valence-electron chi connectivity index (χ1n) is 6.39. The third kappa shape index (κ3) is 2.00. The van der Waals surface area contributed by atoms with Crippen molar-refractivity contribution < 1.29 is 9.47 Å². The van der Waals surface area contributed by atoms with E-state index in [4.69, 9.17) is 9.47 Å². The van der Waals surface area contributed by atoms with Gasteiger partial charge in [0.2, 0.25) is 6.79 Å². The van der Waals surface area contributed by atoms with Crippen molar-refractivity contribution in [3.8, 4) is 11.5 Å². The molecule has 3 heteroatoms. The molecule has 3 rings (SSSR count). The van der Waals surface area contributed by atoms with Crippen LogP contribution < -0.4 is 14.8 Å². The molecule has 0 aromatic heterocycles. The predicted molar refractivity (Wildman–Crippen MR) is 66.5 cm³/mol. The van der Waals surface area contributed by atoms with Gasteiger partial charge in [0.1, 0.15) is 0 Å². The van der Waals surface area contributed by atoms with Crippen molar-refractivity contribution in [1.29, 1.82) is 0 Å². The fourth-order valence-corrected chi connectivity index (χ4v) is 3.01. The Morgan fingerprint density at radius 2 is 1.94 bits per heavy atom. The predicted octanol–water partition coefficient (Wildman–Crippen LogP) is 2.49. The summed E-state index contributed by atoms with van der Waals surface area (Å²) >= 11 is 0. The topological polar surface area (TPSA) is 30.5 Å². The van der Waals surface area contributed by atoms with Gasteiger partial charge in [0.15, 0.2) is 11.5 Å². The van der Waals surface area contributed by atoms with Gasteiger partial charge in [0.05, 0.1) is 0 Å². The number of hydrogen-bond donors (Lipinski definition) is 1. The zero-order valence-electron chi connectivity index (χ0n) is 10.3. The third-order valence-corrected chi connectivity index (χ3v) is 4.07. The van der Waals surface area contributed by atoms with E-state index in [0.717, 1.165) is 17.9 Å². The van der Waals surface area contributed by atoms with Crippen LogP contribution in [-0.4, -0.2) is 19.4 Å². The summed E-state index contributed by atoms with van der Waals surface area (Å²) in [7, 11) is 2.08. The van der Waals surface area contributed by atoms with Crippen molar-refractivity contribution in [3.63, 3.8) is 0 Å². The summed E-state index contributed by atoms with van der Waals surface area (Å²) in [5, 5.41) is 3.52. The molecule has 1 N–H and O–H groups in total. The summed E-state index contributed by atoms with van der Waals surface area (Å²) < 4.78 is 10.8. The minimum Gasteiger partial charge on any atom is -0.454 e. The Balaban J connectivity index is 1.80. The highest BCUT2D eigenvalue weighted by Gasteiger charge is 2.32. The molecule has 0 radical (unpaired) electrons. The van der Waals surface area contributed by atoms with Crippen LogP contribution in [0, 0.1) is 0 Å². The molecule has 0 spiro atoms. The van der Waals surface area contributed by atoms with Gasteiger partial charge in [-0.15, -0.1) is 0 Å². The molecule has 92 valence electrons. The van der Waals surface area contributed by atoms with Crippen molar-refractivity contribution in [3.05, 3.63) is 23.8 Å². The first-order valence-corrected chi connectivity index (χ1v) is 6.39. The number of likely N-dealkylation sites (N-methyl/N-ethyl adjacent to an activating group) is 1. The van der Waals surface area contributed by atoms with Crippen LogP contribution in [-0.2, 0) is 6.42 Å². The first-order chi connectivity index (χ1) is 8.31. The molecule has 1 heterocycles. The van der Waals surface area contributed by atoms with Crippen LogP contribution in [0.1, 0.15) is 31.2 Å².